The van der Waals surface area contributed by atoms with Gasteiger partial charge in [0.05, 0.1) is 5.69 Å². The minimum atomic E-state index is -0.625. The van der Waals surface area contributed by atoms with E-state index in [1.807, 2.05) is 0 Å². The Kier molecular flexibility index (Phi) is 4.66. The van der Waals surface area contributed by atoms with Crippen molar-refractivity contribution in [2.45, 2.75) is 6.54 Å². The molecule has 3 aromatic carbocycles. The van der Waals surface area contributed by atoms with Gasteiger partial charge in [-0.05, 0) is 42.0 Å². The molecule has 0 aliphatic rings. The van der Waals surface area contributed by atoms with E-state index in [1.165, 1.54) is 12.4 Å². The van der Waals surface area contributed by atoms with Gasteiger partial charge in [-0.2, -0.15) is 0 Å². The van der Waals surface area contributed by atoms with Gasteiger partial charge in [0.25, 0.3) is 10.9 Å². The zero-order chi connectivity index (χ0) is 20.4. The van der Waals surface area contributed by atoms with Crippen LogP contribution in [0.4, 0.5) is 17.1 Å². The van der Waals surface area contributed by atoms with Gasteiger partial charge in [0, 0.05) is 24.0 Å². The lowest BCUT2D eigenvalue weighted by atomic mass is 10.1. The Labute approximate surface area is 164 Å². The molecule has 8 nitrogen and oxygen atoms in total. The number of hydrogen-bond donors (Lipinski definition) is 4. The van der Waals surface area contributed by atoms with E-state index in [4.69, 9.17) is 0 Å². The van der Waals surface area contributed by atoms with Gasteiger partial charge in [-0.1, -0.05) is 12.1 Å². The summed E-state index contributed by atoms with van der Waals surface area (Å²) < 4.78 is 0. The zero-order valence-corrected chi connectivity index (χ0v) is 15.1. The van der Waals surface area contributed by atoms with Gasteiger partial charge in [0.1, 0.15) is 29.2 Å². The van der Waals surface area contributed by atoms with Crippen LogP contribution in [0.3, 0.4) is 0 Å². The fraction of sp³-hybridized carbons (Fsp3) is 0.0476. The van der Waals surface area contributed by atoms with E-state index in [1.54, 1.807) is 48.7 Å². The van der Waals surface area contributed by atoms with Crippen molar-refractivity contribution in [2.75, 3.05) is 10.6 Å². The number of benzene rings is 2. The van der Waals surface area contributed by atoms with Gasteiger partial charge in [0.15, 0.2) is 0 Å². The van der Waals surface area contributed by atoms with Crippen LogP contribution in [0.5, 0.6) is 11.5 Å². The topological polar surface area (TPSA) is 124 Å². The van der Waals surface area contributed by atoms with Gasteiger partial charge in [-0.3, -0.25) is 9.59 Å². The quantitative estimate of drug-likeness (QED) is 0.293. The Morgan fingerprint density at radius 2 is 1.76 bits per heavy atom. The van der Waals surface area contributed by atoms with E-state index < -0.39 is 10.9 Å². The first-order chi connectivity index (χ1) is 14.0. The molecule has 0 atom stereocenters. The Balaban J connectivity index is 1.57. The van der Waals surface area contributed by atoms with Crippen molar-refractivity contribution in [3.8, 4) is 22.8 Å². The first kappa shape index (κ1) is 18.2. The van der Waals surface area contributed by atoms with Crippen LogP contribution in [-0.2, 0) is 6.54 Å². The smallest absolute Gasteiger partial charge is 0.253 e. The maximum absolute atomic E-state index is 12.0. The van der Waals surface area contributed by atoms with Crippen molar-refractivity contribution < 1.29 is 10.2 Å². The molecule has 4 aromatic rings. The maximum Gasteiger partial charge on any atom is 0.253 e. The van der Waals surface area contributed by atoms with Crippen LogP contribution in [0.1, 0.15) is 5.56 Å². The summed E-state index contributed by atoms with van der Waals surface area (Å²) in [4.78, 5) is 32.0. The molecule has 0 aliphatic carbocycles. The minimum Gasteiger partial charge on any atom is -0.508 e. The monoisotopic (exact) mass is 388 g/mol. The van der Waals surface area contributed by atoms with Crippen LogP contribution in [0.25, 0.3) is 11.3 Å². The van der Waals surface area contributed by atoms with Crippen molar-refractivity contribution in [1.82, 2.24) is 9.97 Å². The van der Waals surface area contributed by atoms with E-state index in [2.05, 4.69) is 20.6 Å². The van der Waals surface area contributed by atoms with Crippen molar-refractivity contribution in [1.29, 1.82) is 0 Å². The second kappa shape index (κ2) is 7.43. The van der Waals surface area contributed by atoms with Gasteiger partial charge in [-0.25, -0.2) is 9.97 Å². The van der Waals surface area contributed by atoms with Crippen LogP contribution in [0.2, 0.25) is 0 Å². The summed E-state index contributed by atoms with van der Waals surface area (Å²) in [7, 11) is 0. The predicted molar refractivity (Wildman–Crippen MR) is 109 cm³/mol. The molecule has 0 saturated carbocycles. The number of aromatic nitrogens is 2. The molecule has 8 heteroatoms. The Morgan fingerprint density at radius 3 is 2.52 bits per heavy atom. The molecule has 0 unspecified atom stereocenters. The molecule has 1 heterocycles. The molecule has 0 aliphatic heterocycles. The summed E-state index contributed by atoms with van der Waals surface area (Å²) in [5.74, 6) is 0.149. The first-order valence-electron chi connectivity index (χ1n) is 8.74. The summed E-state index contributed by atoms with van der Waals surface area (Å²) in [5.41, 5.74) is 1.36. The summed E-state index contributed by atoms with van der Waals surface area (Å²) in [6.45, 7) is 0.274. The number of anilines is 3. The van der Waals surface area contributed by atoms with Crippen molar-refractivity contribution in [3.05, 3.63) is 87.1 Å². The Morgan fingerprint density at radius 1 is 0.931 bits per heavy atom. The standard InChI is InChI=1S/C21H16N4O4/c26-14-3-1-2-12(8-14)10-23-18-19(21(29)20(18)28)25-13-4-5-17(27)15(9-13)16-6-7-22-11-24-16/h1-9,11,23,25-27H,10H2. The summed E-state index contributed by atoms with van der Waals surface area (Å²) in [6.07, 6.45) is 2.93. The molecule has 0 saturated heterocycles. The Bertz CT molecular complexity index is 1250. The molecule has 0 amide bonds. The van der Waals surface area contributed by atoms with E-state index >= 15 is 0 Å². The van der Waals surface area contributed by atoms with Gasteiger partial charge in [0.2, 0.25) is 0 Å². The molecule has 0 bridgehead atoms. The van der Waals surface area contributed by atoms with Crippen LogP contribution >= 0.6 is 0 Å². The summed E-state index contributed by atoms with van der Waals surface area (Å²) in [5, 5.41) is 25.5. The van der Waals surface area contributed by atoms with Crippen LogP contribution in [-0.4, -0.2) is 20.2 Å². The van der Waals surface area contributed by atoms with Gasteiger partial charge in [-0.15, -0.1) is 0 Å². The number of aromatic hydroxyl groups is 2. The number of nitrogens with one attached hydrogen (secondary N) is 2. The van der Waals surface area contributed by atoms with Gasteiger partial charge >= 0.3 is 0 Å². The van der Waals surface area contributed by atoms with E-state index in [-0.39, 0.29) is 29.4 Å². The normalized spacial score (nSPS) is 10.8. The zero-order valence-electron chi connectivity index (χ0n) is 15.1. The molecule has 0 radical (unpaired) electrons. The molecule has 144 valence electrons. The highest BCUT2D eigenvalue weighted by Crippen LogP contribution is 2.32. The van der Waals surface area contributed by atoms with E-state index in [0.717, 1.165) is 5.56 Å². The third-order valence-corrected chi connectivity index (χ3v) is 4.41. The van der Waals surface area contributed by atoms with Crippen molar-refractivity contribution in [3.63, 3.8) is 0 Å². The van der Waals surface area contributed by atoms with Crippen molar-refractivity contribution >= 4 is 17.1 Å². The Hall–Kier alpha value is -4.20. The molecule has 1 aromatic heterocycles. The second-order valence-corrected chi connectivity index (χ2v) is 6.38. The average molecular weight is 388 g/mol. The SMILES string of the molecule is O=c1c(NCc2cccc(O)c2)c(Nc2ccc(O)c(-c3ccncn3)c2)c1=O. The van der Waals surface area contributed by atoms with E-state index in [0.29, 0.717) is 16.9 Å². The molecule has 4 N–H and O–H groups in total. The predicted octanol–water partition coefficient (Wildman–Crippen LogP) is 2.51. The molecular weight excluding hydrogens is 372 g/mol. The lowest BCUT2D eigenvalue weighted by Gasteiger charge is -2.16. The summed E-state index contributed by atoms with van der Waals surface area (Å²) in [6, 6.07) is 13.0. The third-order valence-electron chi connectivity index (χ3n) is 4.41. The molecule has 0 spiro atoms. The number of rotatable bonds is 6. The van der Waals surface area contributed by atoms with E-state index in [9.17, 15) is 19.8 Å². The summed E-state index contributed by atoms with van der Waals surface area (Å²) >= 11 is 0. The maximum atomic E-state index is 12.0. The number of nitrogens with zero attached hydrogens (tertiary/aromatic N) is 2. The number of phenols is 2. The number of phenolic OH excluding ortho intramolecular Hbond substituents is 2. The molecule has 29 heavy (non-hydrogen) atoms. The molecular formula is C21H16N4O4. The highest BCUT2D eigenvalue weighted by molar-refractivity contribution is 5.81. The average Bonchev–Trinajstić information content (AvgIpc) is 2.74. The highest BCUT2D eigenvalue weighted by atomic mass is 16.3. The van der Waals surface area contributed by atoms with Crippen LogP contribution < -0.4 is 21.5 Å². The molecule has 0 fully saturated rings. The lowest BCUT2D eigenvalue weighted by Crippen LogP contribution is -2.36. The second-order valence-electron chi connectivity index (χ2n) is 6.38. The van der Waals surface area contributed by atoms with Gasteiger partial charge < -0.3 is 20.8 Å². The third kappa shape index (κ3) is 3.63. The largest absolute Gasteiger partial charge is 0.508 e. The first-order valence-corrected chi connectivity index (χ1v) is 8.74. The highest BCUT2D eigenvalue weighted by Gasteiger charge is 2.21. The fourth-order valence-electron chi connectivity index (χ4n) is 2.95. The fourth-order valence-corrected chi connectivity index (χ4v) is 2.95. The molecule has 4 rings (SSSR count). The van der Waals surface area contributed by atoms with Crippen LogP contribution in [0.15, 0.2) is 70.6 Å². The van der Waals surface area contributed by atoms with Crippen molar-refractivity contribution in [2.24, 2.45) is 0 Å². The van der Waals surface area contributed by atoms with Crippen LogP contribution in [0, 0.1) is 0 Å². The minimum absolute atomic E-state index is 0.0291. The lowest BCUT2D eigenvalue weighted by molar-refractivity contribution is 0.474. The number of hydrogen-bond acceptors (Lipinski definition) is 8.